The Morgan fingerprint density at radius 1 is 0.957 bits per heavy atom. The van der Waals surface area contributed by atoms with Crippen molar-refractivity contribution in [1.29, 1.82) is 0 Å². The molecule has 2 aromatic carbocycles. The van der Waals surface area contributed by atoms with E-state index in [2.05, 4.69) is 9.97 Å². The summed E-state index contributed by atoms with van der Waals surface area (Å²) in [6, 6.07) is 14.4. The van der Waals surface area contributed by atoms with E-state index in [1.165, 1.54) is 24.5 Å². The lowest BCUT2D eigenvalue weighted by molar-refractivity contribution is 0.0995. The van der Waals surface area contributed by atoms with Gasteiger partial charge >= 0.3 is 0 Å². The fourth-order valence-corrected chi connectivity index (χ4v) is 1.98. The lowest BCUT2D eigenvalue weighted by Gasteiger charge is -2.07. The zero-order valence-electron chi connectivity index (χ0n) is 11.9. The van der Waals surface area contributed by atoms with Gasteiger partial charge in [-0.3, -0.25) is 4.79 Å². The Morgan fingerprint density at radius 2 is 1.57 bits per heavy atom. The zero-order chi connectivity index (χ0) is 16.2. The number of hydrogen-bond acceptors (Lipinski definition) is 4. The Balaban J connectivity index is 1.80. The highest BCUT2D eigenvalue weighted by Gasteiger charge is 2.06. The van der Waals surface area contributed by atoms with E-state index in [-0.39, 0.29) is 11.5 Å². The molecule has 0 bridgehead atoms. The SMILES string of the molecule is NC(=O)c1cc(-c2ccc(Oc3ccc(F)cc3)cc2)ncn1. The number of ether oxygens (including phenoxy) is 1. The minimum atomic E-state index is -0.607. The van der Waals surface area contributed by atoms with Gasteiger partial charge in [0.25, 0.3) is 5.91 Å². The Kier molecular flexibility index (Phi) is 3.97. The van der Waals surface area contributed by atoms with Crippen LogP contribution in [0, 0.1) is 5.82 Å². The van der Waals surface area contributed by atoms with Crippen molar-refractivity contribution in [2.45, 2.75) is 0 Å². The number of halogens is 1. The first kappa shape index (κ1) is 14.6. The van der Waals surface area contributed by atoms with Crippen molar-refractivity contribution >= 4 is 5.91 Å². The molecule has 0 radical (unpaired) electrons. The maximum Gasteiger partial charge on any atom is 0.267 e. The second-order valence-corrected chi connectivity index (χ2v) is 4.73. The largest absolute Gasteiger partial charge is 0.457 e. The van der Waals surface area contributed by atoms with E-state index in [0.29, 0.717) is 17.2 Å². The summed E-state index contributed by atoms with van der Waals surface area (Å²) in [6.07, 6.45) is 1.29. The molecule has 0 saturated heterocycles. The second-order valence-electron chi connectivity index (χ2n) is 4.73. The molecule has 23 heavy (non-hydrogen) atoms. The average molecular weight is 309 g/mol. The molecule has 0 fully saturated rings. The van der Waals surface area contributed by atoms with Crippen LogP contribution in [0.15, 0.2) is 60.9 Å². The number of benzene rings is 2. The summed E-state index contributed by atoms with van der Waals surface area (Å²) in [5.74, 6) is 0.216. The third-order valence-electron chi connectivity index (χ3n) is 3.12. The molecular formula is C17H12FN3O2. The highest BCUT2D eigenvalue weighted by molar-refractivity contribution is 5.91. The molecule has 1 aromatic heterocycles. The van der Waals surface area contributed by atoms with Crippen LogP contribution in [-0.2, 0) is 0 Å². The average Bonchev–Trinajstić information content (AvgIpc) is 2.58. The predicted molar refractivity (Wildman–Crippen MR) is 82.5 cm³/mol. The Morgan fingerprint density at radius 3 is 2.17 bits per heavy atom. The summed E-state index contributed by atoms with van der Waals surface area (Å²) < 4.78 is 18.5. The number of rotatable bonds is 4. The van der Waals surface area contributed by atoms with Crippen LogP contribution < -0.4 is 10.5 Å². The fourth-order valence-electron chi connectivity index (χ4n) is 1.98. The van der Waals surface area contributed by atoms with Crippen LogP contribution in [0.25, 0.3) is 11.3 Å². The van der Waals surface area contributed by atoms with Crippen LogP contribution in [0.2, 0.25) is 0 Å². The number of nitrogens with zero attached hydrogens (tertiary/aromatic N) is 2. The maximum absolute atomic E-state index is 12.9. The molecular weight excluding hydrogens is 297 g/mol. The van der Waals surface area contributed by atoms with E-state index in [0.717, 1.165) is 5.56 Å². The van der Waals surface area contributed by atoms with Crippen molar-refractivity contribution in [3.8, 4) is 22.8 Å². The van der Waals surface area contributed by atoms with Gasteiger partial charge in [0.15, 0.2) is 0 Å². The summed E-state index contributed by atoms with van der Waals surface area (Å²) >= 11 is 0. The predicted octanol–water partition coefficient (Wildman–Crippen LogP) is 3.17. The summed E-state index contributed by atoms with van der Waals surface area (Å²) in [7, 11) is 0. The van der Waals surface area contributed by atoms with E-state index in [4.69, 9.17) is 10.5 Å². The van der Waals surface area contributed by atoms with E-state index in [1.54, 1.807) is 36.4 Å². The first-order valence-electron chi connectivity index (χ1n) is 6.77. The van der Waals surface area contributed by atoms with E-state index in [1.807, 2.05) is 0 Å². The zero-order valence-corrected chi connectivity index (χ0v) is 11.9. The van der Waals surface area contributed by atoms with Gasteiger partial charge in [-0.1, -0.05) is 0 Å². The fraction of sp³-hybridized carbons (Fsp3) is 0. The van der Waals surface area contributed by atoms with E-state index < -0.39 is 5.91 Å². The number of hydrogen-bond donors (Lipinski definition) is 1. The number of aromatic nitrogens is 2. The van der Waals surface area contributed by atoms with Crippen LogP contribution in [0.4, 0.5) is 4.39 Å². The van der Waals surface area contributed by atoms with Crippen molar-refractivity contribution < 1.29 is 13.9 Å². The van der Waals surface area contributed by atoms with Crippen molar-refractivity contribution in [1.82, 2.24) is 9.97 Å². The number of carbonyl (C=O) groups is 1. The Labute approximate surface area is 131 Å². The molecule has 0 atom stereocenters. The molecule has 114 valence electrons. The van der Waals surface area contributed by atoms with Gasteiger partial charge in [0.05, 0.1) is 5.69 Å². The van der Waals surface area contributed by atoms with Gasteiger partial charge in [-0.25, -0.2) is 14.4 Å². The Hall–Kier alpha value is -3.28. The molecule has 2 N–H and O–H groups in total. The minimum absolute atomic E-state index is 0.154. The lowest BCUT2D eigenvalue weighted by Crippen LogP contribution is -2.13. The van der Waals surface area contributed by atoms with Crippen LogP contribution in [-0.4, -0.2) is 15.9 Å². The summed E-state index contributed by atoms with van der Waals surface area (Å²) in [4.78, 5) is 19.1. The molecule has 0 aliphatic carbocycles. The van der Waals surface area contributed by atoms with E-state index in [9.17, 15) is 9.18 Å². The topological polar surface area (TPSA) is 78.1 Å². The summed E-state index contributed by atoms with van der Waals surface area (Å²) in [5, 5.41) is 0. The van der Waals surface area contributed by atoms with Gasteiger partial charge in [-0.15, -0.1) is 0 Å². The first-order valence-corrected chi connectivity index (χ1v) is 6.77. The lowest BCUT2D eigenvalue weighted by atomic mass is 10.1. The molecule has 6 heteroatoms. The highest BCUT2D eigenvalue weighted by atomic mass is 19.1. The normalized spacial score (nSPS) is 10.3. The van der Waals surface area contributed by atoms with Gasteiger partial charge in [-0.05, 0) is 54.6 Å². The van der Waals surface area contributed by atoms with E-state index >= 15 is 0 Å². The van der Waals surface area contributed by atoms with Crippen molar-refractivity contribution in [3.05, 3.63) is 72.4 Å². The highest BCUT2D eigenvalue weighted by Crippen LogP contribution is 2.25. The quantitative estimate of drug-likeness (QED) is 0.803. The molecule has 0 aliphatic heterocycles. The maximum atomic E-state index is 12.9. The standard InChI is InChI=1S/C17H12FN3O2/c18-12-3-7-14(8-4-12)23-13-5-1-11(2-6-13)15-9-16(17(19)22)21-10-20-15/h1-10H,(H2,19,22). The molecule has 5 nitrogen and oxygen atoms in total. The molecule has 0 aliphatic rings. The van der Waals surface area contributed by atoms with Gasteiger partial charge in [-0.2, -0.15) is 0 Å². The van der Waals surface area contributed by atoms with Crippen molar-refractivity contribution in [2.75, 3.05) is 0 Å². The Bertz CT molecular complexity index is 833. The number of amides is 1. The second kappa shape index (κ2) is 6.23. The molecule has 0 spiro atoms. The number of primary amides is 1. The van der Waals surface area contributed by atoms with Gasteiger partial charge < -0.3 is 10.5 Å². The molecule has 3 aromatic rings. The number of carbonyl (C=O) groups excluding carboxylic acids is 1. The molecule has 3 rings (SSSR count). The first-order chi connectivity index (χ1) is 11.1. The van der Waals surface area contributed by atoms with Crippen LogP contribution in [0.1, 0.15) is 10.5 Å². The minimum Gasteiger partial charge on any atom is -0.457 e. The van der Waals surface area contributed by atoms with Gasteiger partial charge in [0.2, 0.25) is 0 Å². The third kappa shape index (κ3) is 3.49. The van der Waals surface area contributed by atoms with Crippen LogP contribution >= 0.6 is 0 Å². The van der Waals surface area contributed by atoms with Gasteiger partial charge in [0, 0.05) is 5.56 Å². The third-order valence-corrected chi connectivity index (χ3v) is 3.12. The molecule has 1 amide bonds. The van der Waals surface area contributed by atoms with Crippen LogP contribution in [0.3, 0.4) is 0 Å². The summed E-state index contributed by atoms with van der Waals surface area (Å²) in [6.45, 7) is 0. The molecule has 0 unspecified atom stereocenters. The van der Waals surface area contributed by atoms with Crippen LogP contribution in [0.5, 0.6) is 11.5 Å². The van der Waals surface area contributed by atoms with Crippen molar-refractivity contribution in [2.24, 2.45) is 5.73 Å². The summed E-state index contributed by atoms with van der Waals surface area (Å²) in [5.41, 5.74) is 6.74. The van der Waals surface area contributed by atoms with Crippen molar-refractivity contribution in [3.63, 3.8) is 0 Å². The monoisotopic (exact) mass is 309 g/mol. The molecule has 0 saturated carbocycles. The molecule has 1 heterocycles. The number of nitrogens with two attached hydrogens (primary N) is 1. The van der Waals surface area contributed by atoms with Gasteiger partial charge in [0.1, 0.15) is 29.3 Å². The smallest absolute Gasteiger partial charge is 0.267 e.